The molecular formula is C17H23N3O3S. The fourth-order valence-electron chi connectivity index (χ4n) is 3.18. The predicted molar refractivity (Wildman–Crippen MR) is 90.8 cm³/mol. The minimum Gasteiger partial charge on any atom is -0.385 e. The molecule has 0 spiro atoms. The number of benzene rings is 1. The number of sulfonamides is 1. The Hall–Kier alpha value is -1.70. The first-order chi connectivity index (χ1) is 11.4. The average Bonchev–Trinajstić information content (AvgIpc) is 3.01. The molecule has 2 atom stereocenters. The van der Waals surface area contributed by atoms with E-state index in [-0.39, 0.29) is 5.92 Å². The number of imidazole rings is 1. The van der Waals surface area contributed by atoms with Gasteiger partial charge in [0.1, 0.15) is 11.9 Å². The highest BCUT2D eigenvalue weighted by Crippen LogP contribution is 2.31. The Morgan fingerprint density at radius 1 is 1.29 bits per heavy atom. The van der Waals surface area contributed by atoms with Gasteiger partial charge in [0.15, 0.2) is 0 Å². The molecule has 130 valence electrons. The Balaban J connectivity index is 1.80. The molecule has 1 N–H and O–H groups in total. The molecular weight excluding hydrogens is 326 g/mol. The van der Waals surface area contributed by atoms with Crippen LogP contribution in [0.5, 0.6) is 0 Å². The Bertz CT molecular complexity index is 799. The molecule has 3 rings (SSSR count). The quantitative estimate of drug-likeness (QED) is 0.914. The minimum atomic E-state index is -3.53. The maximum atomic E-state index is 12.8. The third-order valence-electron chi connectivity index (χ3n) is 4.65. The molecule has 1 aromatic heterocycles. The van der Waals surface area contributed by atoms with E-state index in [2.05, 4.69) is 4.98 Å². The number of hydrogen-bond donors (Lipinski definition) is 1. The van der Waals surface area contributed by atoms with Crippen LogP contribution in [0.15, 0.2) is 41.6 Å². The molecule has 1 aromatic carbocycles. The molecule has 24 heavy (non-hydrogen) atoms. The zero-order valence-electron chi connectivity index (χ0n) is 14.0. The van der Waals surface area contributed by atoms with E-state index in [9.17, 15) is 13.5 Å². The standard InChI is InChI=1S/C17H23N3O3S/c1-13-5-7-15(8-6-13)24(22,23)20-10-3-4-14(12-20)16(21)17-18-9-11-19(17)2/h5-9,11,14,16,21H,3-4,10,12H2,1-2H3. The van der Waals surface area contributed by atoms with Crippen molar-refractivity contribution in [2.75, 3.05) is 13.1 Å². The lowest BCUT2D eigenvalue weighted by atomic mass is 9.93. The SMILES string of the molecule is Cc1ccc(S(=O)(=O)N2CCCC(C(O)c3nccn3C)C2)cc1. The van der Waals surface area contributed by atoms with Gasteiger partial charge in [-0.1, -0.05) is 17.7 Å². The smallest absolute Gasteiger partial charge is 0.243 e. The molecule has 2 unspecified atom stereocenters. The van der Waals surface area contributed by atoms with Gasteiger partial charge in [0.05, 0.1) is 4.90 Å². The van der Waals surface area contributed by atoms with E-state index >= 15 is 0 Å². The van der Waals surface area contributed by atoms with Crippen molar-refractivity contribution >= 4 is 10.0 Å². The normalized spacial score (nSPS) is 20.9. The van der Waals surface area contributed by atoms with E-state index in [1.807, 2.05) is 14.0 Å². The van der Waals surface area contributed by atoms with Crippen LogP contribution in [0.4, 0.5) is 0 Å². The van der Waals surface area contributed by atoms with Gasteiger partial charge >= 0.3 is 0 Å². The van der Waals surface area contributed by atoms with Crippen molar-refractivity contribution in [3.8, 4) is 0 Å². The summed E-state index contributed by atoms with van der Waals surface area (Å²) in [5, 5.41) is 10.6. The average molecular weight is 349 g/mol. The lowest BCUT2D eigenvalue weighted by Crippen LogP contribution is -2.41. The zero-order valence-corrected chi connectivity index (χ0v) is 14.8. The van der Waals surface area contributed by atoms with Gasteiger partial charge in [-0.15, -0.1) is 0 Å². The summed E-state index contributed by atoms with van der Waals surface area (Å²) in [6.07, 6.45) is 4.18. The molecule has 0 bridgehead atoms. The highest BCUT2D eigenvalue weighted by molar-refractivity contribution is 7.89. The third kappa shape index (κ3) is 3.24. The van der Waals surface area contributed by atoms with E-state index in [4.69, 9.17) is 0 Å². The Kier molecular flexibility index (Phi) is 4.76. The fraction of sp³-hybridized carbons (Fsp3) is 0.471. The molecule has 1 saturated heterocycles. The minimum absolute atomic E-state index is 0.153. The van der Waals surface area contributed by atoms with Crippen LogP contribution in [0, 0.1) is 12.8 Å². The summed E-state index contributed by atoms with van der Waals surface area (Å²) in [5.74, 6) is 0.426. The zero-order chi connectivity index (χ0) is 17.3. The van der Waals surface area contributed by atoms with Gasteiger partial charge < -0.3 is 9.67 Å². The largest absolute Gasteiger partial charge is 0.385 e. The molecule has 6 nitrogen and oxygen atoms in total. The van der Waals surface area contributed by atoms with E-state index in [0.717, 1.165) is 18.4 Å². The summed E-state index contributed by atoms with van der Waals surface area (Å²) >= 11 is 0. The van der Waals surface area contributed by atoms with Gasteiger partial charge in [0.25, 0.3) is 0 Å². The molecule has 1 aliphatic heterocycles. The maximum absolute atomic E-state index is 12.8. The van der Waals surface area contributed by atoms with Gasteiger partial charge in [-0.3, -0.25) is 0 Å². The maximum Gasteiger partial charge on any atom is 0.243 e. The van der Waals surface area contributed by atoms with Crippen LogP contribution in [0.3, 0.4) is 0 Å². The monoisotopic (exact) mass is 349 g/mol. The van der Waals surface area contributed by atoms with Crippen LogP contribution in [0.25, 0.3) is 0 Å². The third-order valence-corrected chi connectivity index (χ3v) is 6.53. The van der Waals surface area contributed by atoms with Crippen LogP contribution in [-0.4, -0.2) is 40.5 Å². The number of aliphatic hydroxyl groups is 1. The Morgan fingerprint density at radius 2 is 2.00 bits per heavy atom. The molecule has 7 heteroatoms. The van der Waals surface area contributed by atoms with Crippen molar-refractivity contribution in [2.45, 2.75) is 30.8 Å². The van der Waals surface area contributed by atoms with E-state index in [1.54, 1.807) is 41.2 Å². The second-order valence-electron chi connectivity index (χ2n) is 6.42. The summed E-state index contributed by atoms with van der Waals surface area (Å²) < 4.78 is 28.9. The van der Waals surface area contributed by atoms with Crippen LogP contribution in [0.2, 0.25) is 0 Å². The molecule has 0 amide bonds. The first-order valence-corrected chi connectivity index (χ1v) is 9.55. The predicted octanol–water partition coefficient (Wildman–Crippen LogP) is 1.86. The highest BCUT2D eigenvalue weighted by Gasteiger charge is 2.34. The number of aliphatic hydroxyl groups excluding tert-OH is 1. The molecule has 1 fully saturated rings. The summed E-state index contributed by atoms with van der Waals surface area (Å²) in [6.45, 7) is 2.72. The lowest BCUT2D eigenvalue weighted by molar-refractivity contribution is 0.0645. The second kappa shape index (κ2) is 6.66. The molecule has 0 aliphatic carbocycles. The number of piperidine rings is 1. The van der Waals surface area contributed by atoms with Crippen molar-refractivity contribution in [1.82, 2.24) is 13.9 Å². The van der Waals surface area contributed by atoms with Crippen molar-refractivity contribution in [3.05, 3.63) is 48.0 Å². The van der Waals surface area contributed by atoms with Crippen LogP contribution >= 0.6 is 0 Å². The number of nitrogens with zero attached hydrogens (tertiary/aromatic N) is 3. The lowest BCUT2D eigenvalue weighted by Gasteiger charge is -2.34. The van der Waals surface area contributed by atoms with Gasteiger partial charge in [0.2, 0.25) is 10.0 Å². The number of aromatic nitrogens is 2. The fourth-order valence-corrected chi connectivity index (χ4v) is 4.72. The summed E-state index contributed by atoms with van der Waals surface area (Å²) in [4.78, 5) is 4.50. The number of aryl methyl sites for hydroxylation is 2. The molecule has 1 aliphatic rings. The summed E-state index contributed by atoms with van der Waals surface area (Å²) in [5.41, 5.74) is 1.02. The molecule has 0 saturated carbocycles. The number of hydrogen-bond acceptors (Lipinski definition) is 4. The van der Waals surface area contributed by atoms with Crippen LogP contribution < -0.4 is 0 Å². The Labute approximate surface area is 142 Å². The summed E-state index contributed by atoms with van der Waals surface area (Å²) in [7, 11) is -1.70. The van der Waals surface area contributed by atoms with Gasteiger partial charge in [-0.2, -0.15) is 4.31 Å². The summed E-state index contributed by atoms with van der Waals surface area (Å²) in [6, 6.07) is 6.89. The molecule has 2 heterocycles. The van der Waals surface area contributed by atoms with E-state index in [0.29, 0.717) is 23.8 Å². The van der Waals surface area contributed by atoms with E-state index in [1.165, 1.54) is 4.31 Å². The van der Waals surface area contributed by atoms with Crippen LogP contribution in [-0.2, 0) is 17.1 Å². The van der Waals surface area contributed by atoms with Crippen molar-refractivity contribution in [1.29, 1.82) is 0 Å². The van der Waals surface area contributed by atoms with Crippen molar-refractivity contribution < 1.29 is 13.5 Å². The van der Waals surface area contributed by atoms with E-state index < -0.39 is 16.1 Å². The van der Waals surface area contributed by atoms with Gasteiger partial charge in [-0.05, 0) is 31.9 Å². The topological polar surface area (TPSA) is 75.4 Å². The van der Waals surface area contributed by atoms with Crippen LogP contribution in [0.1, 0.15) is 30.3 Å². The molecule has 0 radical (unpaired) electrons. The highest BCUT2D eigenvalue weighted by atomic mass is 32.2. The molecule has 2 aromatic rings. The van der Waals surface area contributed by atoms with Crippen molar-refractivity contribution in [3.63, 3.8) is 0 Å². The van der Waals surface area contributed by atoms with Gasteiger partial charge in [-0.25, -0.2) is 13.4 Å². The van der Waals surface area contributed by atoms with Crippen molar-refractivity contribution in [2.24, 2.45) is 13.0 Å². The first kappa shape index (κ1) is 17.1. The Morgan fingerprint density at radius 3 is 2.62 bits per heavy atom. The van der Waals surface area contributed by atoms with Gasteiger partial charge in [0, 0.05) is 38.4 Å². The first-order valence-electron chi connectivity index (χ1n) is 8.11. The number of rotatable bonds is 4. The second-order valence-corrected chi connectivity index (χ2v) is 8.36.